The SMILES string of the molecule is CCNCC(Cc1cc(F)cc(F)c1)c1ccc(Cl)cc1. The van der Waals surface area contributed by atoms with Crippen molar-refractivity contribution in [1.29, 1.82) is 0 Å². The van der Waals surface area contributed by atoms with Crippen LogP contribution < -0.4 is 5.32 Å². The van der Waals surface area contributed by atoms with E-state index in [0.29, 0.717) is 17.0 Å². The van der Waals surface area contributed by atoms with E-state index in [0.717, 1.165) is 24.7 Å². The Morgan fingerprint density at radius 3 is 2.24 bits per heavy atom. The van der Waals surface area contributed by atoms with Crippen molar-refractivity contribution >= 4 is 11.6 Å². The van der Waals surface area contributed by atoms with Crippen molar-refractivity contribution in [2.24, 2.45) is 0 Å². The Balaban J connectivity index is 2.21. The zero-order valence-corrected chi connectivity index (χ0v) is 12.6. The molecule has 0 aliphatic rings. The lowest BCUT2D eigenvalue weighted by molar-refractivity contribution is 0.566. The summed E-state index contributed by atoms with van der Waals surface area (Å²) < 4.78 is 26.6. The van der Waals surface area contributed by atoms with Gasteiger partial charge < -0.3 is 5.32 Å². The maximum atomic E-state index is 13.3. The normalized spacial score (nSPS) is 12.4. The molecule has 0 aliphatic heterocycles. The molecule has 0 heterocycles. The van der Waals surface area contributed by atoms with Crippen LogP contribution in [0.4, 0.5) is 8.78 Å². The highest BCUT2D eigenvalue weighted by molar-refractivity contribution is 6.30. The van der Waals surface area contributed by atoms with Crippen molar-refractivity contribution in [1.82, 2.24) is 5.32 Å². The van der Waals surface area contributed by atoms with Crippen molar-refractivity contribution in [2.75, 3.05) is 13.1 Å². The van der Waals surface area contributed by atoms with E-state index in [1.165, 1.54) is 12.1 Å². The van der Waals surface area contributed by atoms with Crippen LogP contribution in [0.3, 0.4) is 0 Å². The molecular formula is C17H18ClF2N. The molecular weight excluding hydrogens is 292 g/mol. The average molecular weight is 310 g/mol. The Hall–Kier alpha value is -1.45. The predicted molar refractivity (Wildman–Crippen MR) is 82.8 cm³/mol. The molecule has 0 radical (unpaired) electrons. The fraction of sp³-hybridized carbons (Fsp3) is 0.294. The quantitative estimate of drug-likeness (QED) is 0.825. The summed E-state index contributed by atoms with van der Waals surface area (Å²) in [5, 5.41) is 3.97. The van der Waals surface area contributed by atoms with Crippen LogP contribution in [0.25, 0.3) is 0 Å². The van der Waals surface area contributed by atoms with Gasteiger partial charge in [0.05, 0.1) is 0 Å². The number of halogens is 3. The van der Waals surface area contributed by atoms with Crippen LogP contribution >= 0.6 is 11.6 Å². The number of hydrogen-bond acceptors (Lipinski definition) is 1. The zero-order chi connectivity index (χ0) is 15.2. The monoisotopic (exact) mass is 309 g/mol. The number of benzene rings is 2. The van der Waals surface area contributed by atoms with E-state index in [-0.39, 0.29) is 5.92 Å². The molecule has 2 aromatic rings. The molecule has 0 aliphatic carbocycles. The molecule has 2 aromatic carbocycles. The summed E-state index contributed by atoms with van der Waals surface area (Å²) in [7, 11) is 0. The van der Waals surface area contributed by atoms with Gasteiger partial charge in [-0.15, -0.1) is 0 Å². The lowest BCUT2D eigenvalue weighted by atomic mass is 9.92. The zero-order valence-electron chi connectivity index (χ0n) is 11.9. The molecule has 0 spiro atoms. The number of hydrogen-bond donors (Lipinski definition) is 1. The van der Waals surface area contributed by atoms with Gasteiger partial charge in [-0.05, 0) is 48.4 Å². The third-order valence-corrected chi connectivity index (χ3v) is 3.64. The number of rotatable bonds is 6. The molecule has 0 amide bonds. The minimum atomic E-state index is -0.539. The average Bonchev–Trinajstić information content (AvgIpc) is 2.43. The molecule has 1 nitrogen and oxygen atoms in total. The maximum Gasteiger partial charge on any atom is 0.126 e. The summed E-state index contributed by atoms with van der Waals surface area (Å²) in [6.45, 7) is 3.62. The molecule has 0 aromatic heterocycles. The first-order chi connectivity index (χ1) is 10.1. The molecule has 1 N–H and O–H groups in total. The minimum absolute atomic E-state index is 0.142. The van der Waals surface area contributed by atoms with Crippen LogP contribution in [0.2, 0.25) is 5.02 Å². The minimum Gasteiger partial charge on any atom is -0.316 e. The second-order valence-corrected chi connectivity index (χ2v) is 5.47. The van der Waals surface area contributed by atoms with Crippen LogP contribution in [0.1, 0.15) is 24.0 Å². The van der Waals surface area contributed by atoms with E-state index < -0.39 is 11.6 Å². The molecule has 0 saturated heterocycles. The lowest BCUT2D eigenvalue weighted by Gasteiger charge is -2.18. The standard InChI is InChI=1S/C17H18ClF2N/c1-2-21-11-14(13-3-5-15(18)6-4-13)7-12-8-16(19)10-17(20)9-12/h3-6,8-10,14,21H,2,7,11H2,1H3. The Morgan fingerprint density at radius 2 is 1.67 bits per heavy atom. The first kappa shape index (κ1) is 15.9. The third kappa shape index (κ3) is 4.80. The van der Waals surface area contributed by atoms with Crippen LogP contribution in [0, 0.1) is 11.6 Å². The van der Waals surface area contributed by atoms with Gasteiger partial charge in [0, 0.05) is 23.6 Å². The molecule has 0 saturated carbocycles. The molecule has 112 valence electrons. The molecule has 1 atom stereocenters. The van der Waals surface area contributed by atoms with Crippen LogP contribution in [0.15, 0.2) is 42.5 Å². The van der Waals surface area contributed by atoms with Crippen LogP contribution in [-0.2, 0) is 6.42 Å². The topological polar surface area (TPSA) is 12.0 Å². The Morgan fingerprint density at radius 1 is 1.05 bits per heavy atom. The van der Waals surface area contributed by atoms with Gasteiger partial charge in [-0.3, -0.25) is 0 Å². The second-order valence-electron chi connectivity index (χ2n) is 5.04. The lowest BCUT2D eigenvalue weighted by Crippen LogP contribution is -2.22. The smallest absolute Gasteiger partial charge is 0.126 e. The summed E-state index contributed by atoms with van der Waals surface area (Å²) in [6, 6.07) is 11.3. The summed E-state index contributed by atoms with van der Waals surface area (Å²) in [5.74, 6) is -0.935. The molecule has 0 bridgehead atoms. The van der Waals surface area contributed by atoms with Crippen molar-refractivity contribution in [3.63, 3.8) is 0 Å². The van der Waals surface area contributed by atoms with Gasteiger partial charge in [-0.1, -0.05) is 30.7 Å². The Bertz CT molecular complexity index is 564. The highest BCUT2D eigenvalue weighted by Crippen LogP contribution is 2.23. The van der Waals surface area contributed by atoms with Crippen LogP contribution in [0.5, 0.6) is 0 Å². The van der Waals surface area contributed by atoms with E-state index in [1.807, 2.05) is 31.2 Å². The fourth-order valence-corrected chi connectivity index (χ4v) is 2.50. The first-order valence-electron chi connectivity index (χ1n) is 6.99. The van der Waals surface area contributed by atoms with Crippen molar-refractivity contribution in [2.45, 2.75) is 19.3 Å². The Labute approximate surface area is 128 Å². The van der Waals surface area contributed by atoms with Crippen molar-refractivity contribution in [3.05, 3.63) is 70.2 Å². The van der Waals surface area contributed by atoms with E-state index in [1.54, 1.807) is 0 Å². The molecule has 2 rings (SSSR count). The van der Waals surface area contributed by atoms with Gasteiger partial charge >= 0.3 is 0 Å². The largest absolute Gasteiger partial charge is 0.316 e. The first-order valence-corrected chi connectivity index (χ1v) is 7.37. The van der Waals surface area contributed by atoms with E-state index >= 15 is 0 Å². The maximum absolute atomic E-state index is 13.3. The molecule has 21 heavy (non-hydrogen) atoms. The summed E-state index contributed by atoms with van der Waals surface area (Å²) >= 11 is 5.91. The van der Waals surface area contributed by atoms with Crippen molar-refractivity contribution in [3.8, 4) is 0 Å². The predicted octanol–water partition coefficient (Wildman–Crippen LogP) is 4.55. The van der Waals surface area contributed by atoms with Crippen LogP contribution in [-0.4, -0.2) is 13.1 Å². The van der Waals surface area contributed by atoms with E-state index in [4.69, 9.17) is 11.6 Å². The Kier molecular flexibility index (Phi) is 5.71. The molecule has 4 heteroatoms. The highest BCUT2D eigenvalue weighted by atomic mass is 35.5. The highest BCUT2D eigenvalue weighted by Gasteiger charge is 2.13. The molecule has 1 unspecified atom stereocenters. The van der Waals surface area contributed by atoms with Gasteiger partial charge in [0.2, 0.25) is 0 Å². The van der Waals surface area contributed by atoms with Crippen molar-refractivity contribution < 1.29 is 8.78 Å². The van der Waals surface area contributed by atoms with E-state index in [9.17, 15) is 8.78 Å². The fourth-order valence-electron chi connectivity index (χ4n) is 2.37. The number of likely N-dealkylation sites (N-methyl/N-ethyl adjacent to an activating group) is 1. The number of nitrogens with one attached hydrogen (secondary N) is 1. The second kappa shape index (κ2) is 7.53. The van der Waals surface area contributed by atoms with E-state index in [2.05, 4.69) is 5.32 Å². The summed E-state index contributed by atoms with van der Waals surface area (Å²) in [6.07, 6.45) is 0.573. The third-order valence-electron chi connectivity index (χ3n) is 3.39. The molecule has 0 fully saturated rings. The summed E-state index contributed by atoms with van der Waals surface area (Å²) in [4.78, 5) is 0. The van der Waals surface area contributed by atoms with Gasteiger partial charge in [-0.25, -0.2) is 8.78 Å². The van der Waals surface area contributed by atoms with Gasteiger partial charge in [0.25, 0.3) is 0 Å². The van der Waals surface area contributed by atoms with Gasteiger partial charge in [0.1, 0.15) is 11.6 Å². The van der Waals surface area contributed by atoms with Gasteiger partial charge in [-0.2, -0.15) is 0 Å². The summed E-state index contributed by atoms with van der Waals surface area (Å²) in [5.41, 5.74) is 1.76. The van der Waals surface area contributed by atoms with Gasteiger partial charge in [0.15, 0.2) is 0 Å².